The monoisotopic (exact) mass is 451 g/mol. The first kappa shape index (κ1) is 21.6. The van der Waals surface area contributed by atoms with Crippen molar-refractivity contribution in [3.63, 3.8) is 0 Å². The second kappa shape index (κ2) is 8.32. The van der Waals surface area contributed by atoms with E-state index in [0.29, 0.717) is 11.3 Å². The predicted molar refractivity (Wildman–Crippen MR) is 112 cm³/mol. The Morgan fingerprint density at radius 2 is 1.93 bits per heavy atom. The smallest absolute Gasteiger partial charge is 0.304 e. The Bertz CT molecular complexity index is 1300. The van der Waals surface area contributed by atoms with Crippen LogP contribution in [0.4, 0.5) is 13.9 Å². The van der Waals surface area contributed by atoms with Crippen LogP contribution in [0.5, 0.6) is 0 Å². The van der Waals surface area contributed by atoms with E-state index in [1.165, 1.54) is 20.2 Å². The number of halogens is 2. The zero-order valence-electron chi connectivity index (χ0n) is 15.7. The topological polar surface area (TPSA) is 110 Å². The molecule has 1 amide bonds. The van der Waals surface area contributed by atoms with E-state index in [-0.39, 0.29) is 21.4 Å². The summed E-state index contributed by atoms with van der Waals surface area (Å²) in [4.78, 5) is 40.6. The van der Waals surface area contributed by atoms with Crippen molar-refractivity contribution >= 4 is 40.7 Å². The highest BCUT2D eigenvalue weighted by Crippen LogP contribution is 2.26. The maximum Gasteiger partial charge on any atom is 0.331 e. The maximum absolute atomic E-state index is 13.4. The van der Waals surface area contributed by atoms with Gasteiger partial charge in [0, 0.05) is 25.0 Å². The molecule has 0 radical (unpaired) electrons. The van der Waals surface area contributed by atoms with Gasteiger partial charge < -0.3 is 10.7 Å². The lowest BCUT2D eigenvalue weighted by Crippen LogP contribution is -2.41. The number of thiol groups is 1. The van der Waals surface area contributed by atoms with Gasteiger partial charge in [-0.2, -0.15) is 0 Å². The fourth-order valence-electron chi connectivity index (χ4n) is 2.63. The molecule has 12 heteroatoms. The molecule has 0 fully saturated rings. The number of benzene rings is 1. The Kier molecular flexibility index (Phi) is 5.99. The fourth-order valence-corrected chi connectivity index (χ4v) is 3.68. The standard InChI is InChI=1S/C18H15F2N5O3S2/c1-24-15(27)14(16(29)25(2)18(24)28)11(21)6-13(26)23-17-22-12(7-30-17)8-3-4-9(19)10(20)5-8/h3-5,7,21,29H,6H2,1-2H3,(H,22,23,26). The molecule has 156 valence electrons. The number of carbonyl (C=O) groups excluding carboxylic acids is 1. The normalized spacial score (nSPS) is 10.8. The van der Waals surface area contributed by atoms with Crippen LogP contribution in [0.2, 0.25) is 0 Å². The highest BCUT2D eigenvalue weighted by molar-refractivity contribution is 7.80. The van der Waals surface area contributed by atoms with Gasteiger partial charge in [-0.05, 0) is 18.2 Å². The number of rotatable bonds is 5. The van der Waals surface area contributed by atoms with Gasteiger partial charge in [-0.1, -0.05) is 0 Å². The van der Waals surface area contributed by atoms with Crippen LogP contribution in [-0.4, -0.2) is 25.7 Å². The molecule has 0 aliphatic heterocycles. The van der Waals surface area contributed by atoms with Gasteiger partial charge in [0.1, 0.15) is 0 Å². The lowest BCUT2D eigenvalue weighted by atomic mass is 10.1. The van der Waals surface area contributed by atoms with Gasteiger partial charge in [0.05, 0.1) is 28.4 Å². The molecule has 0 atom stereocenters. The van der Waals surface area contributed by atoms with E-state index in [9.17, 15) is 23.2 Å². The van der Waals surface area contributed by atoms with Crippen molar-refractivity contribution in [3.05, 3.63) is 61.6 Å². The predicted octanol–water partition coefficient (Wildman–Crippen LogP) is 2.17. The van der Waals surface area contributed by atoms with Crippen molar-refractivity contribution in [2.75, 3.05) is 5.32 Å². The highest BCUT2D eigenvalue weighted by atomic mass is 32.1. The number of thiazole rings is 1. The molecular formula is C18H15F2N5O3S2. The Balaban J connectivity index is 1.76. The van der Waals surface area contributed by atoms with E-state index in [2.05, 4.69) is 22.9 Å². The number of nitrogens with zero attached hydrogens (tertiary/aromatic N) is 3. The minimum absolute atomic E-state index is 0.0178. The Hall–Kier alpha value is -3.12. The lowest BCUT2D eigenvalue weighted by molar-refractivity contribution is -0.115. The van der Waals surface area contributed by atoms with Crippen LogP contribution in [0.1, 0.15) is 12.0 Å². The van der Waals surface area contributed by atoms with E-state index >= 15 is 0 Å². The van der Waals surface area contributed by atoms with E-state index in [0.717, 1.165) is 32.6 Å². The molecule has 0 aliphatic rings. The van der Waals surface area contributed by atoms with Crippen LogP contribution in [0.3, 0.4) is 0 Å². The number of carbonyl (C=O) groups is 1. The average molecular weight is 451 g/mol. The molecule has 0 saturated carbocycles. The van der Waals surface area contributed by atoms with Gasteiger partial charge in [-0.15, -0.1) is 24.0 Å². The molecule has 2 N–H and O–H groups in total. The van der Waals surface area contributed by atoms with Crippen LogP contribution in [0.25, 0.3) is 11.3 Å². The number of hydrogen-bond donors (Lipinski definition) is 3. The highest BCUT2D eigenvalue weighted by Gasteiger charge is 2.20. The summed E-state index contributed by atoms with van der Waals surface area (Å²) in [6.45, 7) is 0. The van der Waals surface area contributed by atoms with E-state index in [4.69, 9.17) is 5.41 Å². The van der Waals surface area contributed by atoms with Gasteiger partial charge in [-0.3, -0.25) is 18.7 Å². The molecule has 0 aliphatic carbocycles. The van der Waals surface area contributed by atoms with Crippen LogP contribution >= 0.6 is 24.0 Å². The zero-order valence-corrected chi connectivity index (χ0v) is 17.4. The van der Waals surface area contributed by atoms with Crippen LogP contribution < -0.4 is 16.6 Å². The third kappa shape index (κ3) is 4.09. The summed E-state index contributed by atoms with van der Waals surface area (Å²) in [7, 11) is 2.67. The summed E-state index contributed by atoms with van der Waals surface area (Å²) in [5.41, 5.74) is -1.11. The van der Waals surface area contributed by atoms with Gasteiger partial charge in [-0.25, -0.2) is 18.6 Å². The van der Waals surface area contributed by atoms with Crippen molar-refractivity contribution in [1.29, 1.82) is 5.41 Å². The first-order valence-corrected chi connectivity index (χ1v) is 9.70. The Morgan fingerprint density at radius 3 is 2.60 bits per heavy atom. The summed E-state index contributed by atoms with van der Waals surface area (Å²) in [6.07, 6.45) is -0.457. The Labute approximate surface area is 177 Å². The summed E-state index contributed by atoms with van der Waals surface area (Å²) in [6, 6.07) is 3.33. The molecular weight excluding hydrogens is 436 g/mol. The molecule has 0 saturated heterocycles. The molecule has 0 bridgehead atoms. The summed E-state index contributed by atoms with van der Waals surface area (Å²) in [5, 5.41) is 12.3. The maximum atomic E-state index is 13.4. The van der Waals surface area contributed by atoms with Crippen LogP contribution in [0, 0.1) is 17.0 Å². The van der Waals surface area contributed by atoms with Crippen molar-refractivity contribution in [2.45, 2.75) is 11.4 Å². The second-order valence-corrected chi connectivity index (χ2v) is 7.56. The van der Waals surface area contributed by atoms with E-state index in [1.807, 2.05) is 0 Å². The molecule has 30 heavy (non-hydrogen) atoms. The summed E-state index contributed by atoms with van der Waals surface area (Å²) >= 11 is 5.19. The van der Waals surface area contributed by atoms with E-state index in [1.54, 1.807) is 5.38 Å². The molecule has 0 spiro atoms. The minimum atomic E-state index is -1.01. The molecule has 0 unspecified atom stereocenters. The fraction of sp³-hybridized carbons (Fsp3) is 0.167. The number of amides is 1. The van der Waals surface area contributed by atoms with Crippen LogP contribution in [0.15, 0.2) is 38.2 Å². The summed E-state index contributed by atoms with van der Waals surface area (Å²) < 4.78 is 28.4. The van der Waals surface area contributed by atoms with Crippen molar-refractivity contribution in [2.24, 2.45) is 14.1 Å². The largest absolute Gasteiger partial charge is 0.331 e. The third-order valence-corrected chi connectivity index (χ3v) is 5.52. The van der Waals surface area contributed by atoms with Crippen LogP contribution in [-0.2, 0) is 18.9 Å². The van der Waals surface area contributed by atoms with Gasteiger partial charge >= 0.3 is 5.69 Å². The first-order chi connectivity index (χ1) is 14.1. The minimum Gasteiger partial charge on any atom is -0.304 e. The lowest BCUT2D eigenvalue weighted by Gasteiger charge is -2.11. The van der Waals surface area contributed by atoms with Gasteiger partial charge in [0.15, 0.2) is 16.8 Å². The molecule has 2 heterocycles. The number of nitrogens with one attached hydrogen (secondary N) is 2. The quantitative estimate of drug-likeness (QED) is 0.314. The molecule has 3 rings (SSSR count). The molecule has 1 aromatic carbocycles. The SMILES string of the molecule is Cn1c(S)c(C(=N)CC(=O)Nc2nc(-c3ccc(F)c(F)c3)cs2)c(=O)n(C)c1=O. The zero-order chi connectivity index (χ0) is 22.2. The number of aromatic nitrogens is 3. The molecule has 3 aromatic rings. The molecule has 2 aromatic heterocycles. The Morgan fingerprint density at radius 1 is 1.23 bits per heavy atom. The van der Waals surface area contributed by atoms with Crippen molar-refractivity contribution in [3.8, 4) is 11.3 Å². The van der Waals surface area contributed by atoms with Crippen molar-refractivity contribution < 1.29 is 13.6 Å². The summed E-state index contributed by atoms with van der Waals surface area (Å²) in [5.74, 6) is -2.61. The second-order valence-electron chi connectivity index (χ2n) is 6.27. The van der Waals surface area contributed by atoms with Crippen molar-refractivity contribution in [1.82, 2.24) is 14.1 Å². The third-order valence-electron chi connectivity index (χ3n) is 4.24. The van der Waals surface area contributed by atoms with E-state index < -0.39 is 35.2 Å². The average Bonchev–Trinajstić information content (AvgIpc) is 3.15. The number of anilines is 1. The van der Waals surface area contributed by atoms with Gasteiger partial charge in [0.2, 0.25) is 5.91 Å². The number of hydrogen-bond acceptors (Lipinski definition) is 7. The molecule has 8 nitrogen and oxygen atoms in total. The van der Waals surface area contributed by atoms with Gasteiger partial charge in [0.25, 0.3) is 5.56 Å². The first-order valence-electron chi connectivity index (χ1n) is 8.37.